The van der Waals surface area contributed by atoms with Crippen molar-refractivity contribution in [2.75, 3.05) is 13.1 Å². The van der Waals surface area contributed by atoms with E-state index in [1.54, 1.807) is 0 Å². The second kappa shape index (κ2) is 4.49. The van der Waals surface area contributed by atoms with Crippen LogP contribution in [0.25, 0.3) is 0 Å². The molecule has 0 spiro atoms. The minimum Gasteiger partial charge on any atom is -0.332 e. The van der Waals surface area contributed by atoms with Crippen LogP contribution in [0.1, 0.15) is 35.7 Å². The summed E-state index contributed by atoms with van der Waals surface area (Å²) in [6.07, 6.45) is 2.05. The SMILES string of the molecule is Cc1ccccc1C(=O)N1CCCC1(C)CN. The maximum atomic E-state index is 12.5. The van der Waals surface area contributed by atoms with Crippen molar-refractivity contribution in [2.45, 2.75) is 32.2 Å². The minimum absolute atomic E-state index is 0.119. The molecule has 0 bridgehead atoms. The van der Waals surface area contributed by atoms with Gasteiger partial charge in [0.1, 0.15) is 0 Å². The molecule has 1 aromatic carbocycles. The van der Waals surface area contributed by atoms with Gasteiger partial charge in [-0.2, -0.15) is 0 Å². The molecule has 17 heavy (non-hydrogen) atoms. The lowest BCUT2D eigenvalue weighted by Gasteiger charge is -2.34. The Labute approximate surface area is 103 Å². The number of carbonyl (C=O) groups excluding carboxylic acids is 1. The van der Waals surface area contributed by atoms with Gasteiger partial charge in [-0.15, -0.1) is 0 Å². The number of nitrogens with two attached hydrogens (primary N) is 1. The number of nitrogens with zero attached hydrogens (tertiary/aromatic N) is 1. The molecule has 1 aliphatic heterocycles. The van der Waals surface area contributed by atoms with Crippen LogP contribution < -0.4 is 5.73 Å². The summed E-state index contributed by atoms with van der Waals surface area (Å²) in [4.78, 5) is 14.5. The number of likely N-dealkylation sites (tertiary alicyclic amines) is 1. The third-order valence-corrected chi connectivity index (χ3v) is 3.81. The van der Waals surface area contributed by atoms with E-state index < -0.39 is 0 Å². The topological polar surface area (TPSA) is 46.3 Å². The van der Waals surface area contributed by atoms with E-state index in [2.05, 4.69) is 6.92 Å². The smallest absolute Gasteiger partial charge is 0.254 e. The quantitative estimate of drug-likeness (QED) is 0.847. The third-order valence-electron chi connectivity index (χ3n) is 3.81. The van der Waals surface area contributed by atoms with Gasteiger partial charge in [-0.1, -0.05) is 18.2 Å². The van der Waals surface area contributed by atoms with Gasteiger partial charge in [-0.05, 0) is 38.3 Å². The van der Waals surface area contributed by atoms with Crippen LogP contribution in [-0.2, 0) is 0 Å². The molecule has 1 saturated heterocycles. The summed E-state index contributed by atoms with van der Waals surface area (Å²) in [5.41, 5.74) is 7.48. The van der Waals surface area contributed by atoms with Crippen molar-refractivity contribution in [1.29, 1.82) is 0 Å². The predicted molar refractivity (Wildman–Crippen MR) is 68.9 cm³/mol. The number of amides is 1. The van der Waals surface area contributed by atoms with E-state index in [-0.39, 0.29) is 11.4 Å². The van der Waals surface area contributed by atoms with Crippen molar-refractivity contribution in [1.82, 2.24) is 4.90 Å². The molecule has 1 unspecified atom stereocenters. The zero-order valence-electron chi connectivity index (χ0n) is 10.6. The number of benzene rings is 1. The van der Waals surface area contributed by atoms with Gasteiger partial charge < -0.3 is 10.6 Å². The summed E-state index contributed by atoms with van der Waals surface area (Å²) >= 11 is 0. The maximum Gasteiger partial charge on any atom is 0.254 e. The number of hydrogen-bond acceptors (Lipinski definition) is 2. The predicted octanol–water partition coefficient (Wildman–Crippen LogP) is 1.95. The molecule has 1 amide bonds. The van der Waals surface area contributed by atoms with Crippen LogP contribution in [0.3, 0.4) is 0 Å². The zero-order valence-corrected chi connectivity index (χ0v) is 10.6. The van der Waals surface area contributed by atoms with Crippen LogP contribution in [-0.4, -0.2) is 29.4 Å². The van der Waals surface area contributed by atoms with Crippen molar-refractivity contribution < 1.29 is 4.79 Å². The monoisotopic (exact) mass is 232 g/mol. The third kappa shape index (κ3) is 2.07. The molecule has 2 N–H and O–H groups in total. The molecule has 0 aliphatic carbocycles. The molecule has 1 heterocycles. The second-order valence-corrected chi connectivity index (χ2v) is 5.08. The molecule has 1 aromatic rings. The van der Waals surface area contributed by atoms with E-state index in [0.29, 0.717) is 6.54 Å². The Bertz CT molecular complexity index is 430. The molecule has 0 radical (unpaired) electrons. The van der Waals surface area contributed by atoms with Gasteiger partial charge in [-0.25, -0.2) is 0 Å². The first-order valence-corrected chi connectivity index (χ1v) is 6.16. The van der Waals surface area contributed by atoms with E-state index >= 15 is 0 Å². The number of aryl methyl sites for hydroxylation is 1. The summed E-state index contributed by atoms with van der Waals surface area (Å²) in [5, 5.41) is 0. The fourth-order valence-electron chi connectivity index (χ4n) is 2.54. The summed E-state index contributed by atoms with van der Waals surface area (Å²) < 4.78 is 0. The molecule has 1 fully saturated rings. The highest BCUT2D eigenvalue weighted by Gasteiger charge is 2.38. The Morgan fingerprint density at radius 1 is 1.47 bits per heavy atom. The molecule has 2 rings (SSSR count). The number of hydrogen-bond donors (Lipinski definition) is 1. The second-order valence-electron chi connectivity index (χ2n) is 5.08. The maximum absolute atomic E-state index is 12.5. The van der Waals surface area contributed by atoms with E-state index in [1.807, 2.05) is 36.1 Å². The highest BCUT2D eigenvalue weighted by molar-refractivity contribution is 5.96. The Hall–Kier alpha value is -1.35. The highest BCUT2D eigenvalue weighted by Crippen LogP contribution is 2.29. The van der Waals surface area contributed by atoms with Crippen LogP contribution in [0.15, 0.2) is 24.3 Å². The van der Waals surface area contributed by atoms with E-state index in [4.69, 9.17) is 5.73 Å². The van der Waals surface area contributed by atoms with Gasteiger partial charge in [0, 0.05) is 18.7 Å². The van der Waals surface area contributed by atoms with Crippen molar-refractivity contribution in [3.63, 3.8) is 0 Å². The van der Waals surface area contributed by atoms with Crippen LogP contribution in [0.5, 0.6) is 0 Å². The molecule has 3 nitrogen and oxygen atoms in total. The fraction of sp³-hybridized carbons (Fsp3) is 0.500. The summed E-state index contributed by atoms with van der Waals surface area (Å²) in [6, 6.07) is 7.74. The van der Waals surface area contributed by atoms with Gasteiger partial charge in [0.25, 0.3) is 5.91 Å². The standard InChI is InChI=1S/C14H20N2O/c1-11-6-3-4-7-12(11)13(17)16-9-5-8-14(16,2)10-15/h3-4,6-7H,5,8-10,15H2,1-2H3. The van der Waals surface area contributed by atoms with Gasteiger partial charge in [0.15, 0.2) is 0 Å². The Kier molecular flexibility index (Phi) is 3.20. The van der Waals surface area contributed by atoms with Gasteiger partial charge >= 0.3 is 0 Å². The average Bonchev–Trinajstić information content (AvgIpc) is 2.72. The largest absolute Gasteiger partial charge is 0.332 e. The van der Waals surface area contributed by atoms with E-state index in [0.717, 1.165) is 30.5 Å². The Morgan fingerprint density at radius 3 is 2.82 bits per heavy atom. The zero-order chi connectivity index (χ0) is 12.5. The molecule has 1 atom stereocenters. The highest BCUT2D eigenvalue weighted by atomic mass is 16.2. The van der Waals surface area contributed by atoms with Crippen LogP contribution in [0.4, 0.5) is 0 Å². The molecule has 0 saturated carbocycles. The van der Waals surface area contributed by atoms with Crippen LogP contribution in [0.2, 0.25) is 0 Å². The van der Waals surface area contributed by atoms with Crippen molar-refractivity contribution in [3.8, 4) is 0 Å². The van der Waals surface area contributed by atoms with Crippen molar-refractivity contribution in [3.05, 3.63) is 35.4 Å². The Morgan fingerprint density at radius 2 is 2.18 bits per heavy atom. The van der Waals surface area contributed by atoms with Crippen molar-refractivity contribution in [2.24, 2.45) is 5.73 Å². The first-order chi connectivity index (χ1) is 8.08. The lowest BCUT2D eigenvalue weighted by molar-refractivity contribution is 0.0636. The molecular weight excluding hydrogens is 212 g/mol. The lowest BCUT2D eigenvalue weighted by atomic mass is 9.98. The lowest BCUT2D eigenvalue weighted by Crippen LogP contribution is -2.50. The van der Waals surface area contributed by atoms with E-state index in [1.165, 1.54) is 0 Å². The summed E-state index contributed by atoms with van der Waals surface area (Å²) in [7, 11) is 0. The number of rotatable bonds is 2. The molecule has 3 heteroatoms. The summed E-state index contributed by atoms with van der Waals surface area (Å²) in [6.45, 7) is 5.41. The van der Waals surface area contributed by atoms with Crippen LogP contribution >= 0.6 is 0 Å². The molecular formula is C14H20N2O. The first kappa shape index (κ1) is 12.1. The van der Waals surface area contributed by atoms with Gasteiger partial charge in [0.05, 0.1) is 5.54 Å². The molecule has 1 aliphatic rings. The molecule has 92 valence electrons. The van der Waals surface area contributed by atoms with E-state index in [9.17, 15) is 4.79 Å². The number of carbonyl (C=O) groups is 1. The Balaban J connectivity index is 2.30. The van der Waals surface area contributed by atoms with Crippen LogP contribution in [0, 0.1) is 6.92 Å². The fourth-order valence-corrected chi connectivity index (χ4v) is 2.54. The normalized spacial score (nSPS) is 24.1. The minimum atomic E-state index is -0.167. The average molecular weight is 232 g/mol. The van der Waals surface area contributed by atoms with Crippen molar-refractivity contribution >= 4 is 5.91 Å². The molecule has 0 aromatic heterocycles. The first-order valence-electron chi connectivity index (χ1n) is 6.16. The summed E-state index contributed by atoms with van der Waals surface area (Å²) in [5.74, 6) is 0.119. The van der Waals surface area contributed by atoms with Gasteiger partial charge in [0.2, 0.25) is 0 Å². The van der Waals surface area contributed by atoms with Gasteiger partial charge in [-0.3, -0.25) is 4.79 Å².